The maximum absolute atomic E-state index is 13.3. The Kier molecular flexibility index (Phi) is 8.77. The number of amides is 1. The van der Waals surface area contributed by atoms with Crippen molar-refractivity contribution in [1.29, 1.82) is 0 Å². The number of benzene rings is 2. The van der Waals surface area contributed by atoms with Gasteiger partial charge in [0.25, 0.3) is 0 Å². The summed E-state index contributed by atoms with van der Waals surface area (Å²) in [5, 5.41) is 0.764. The van der Waals surface area contributed by atoms with Gasteiger partial charge in [-0.15, -0.1) is 24.2 Å². The molecule has 9 heteroatoms. The highest BCUT2D eigenvalue weighted by Crippen LogP contribution is 2.33. The molecule has 0 fully saturated rings. The molecule has 174 valence electrons. The number of anilines is 1. The third kappa shape index (κ3) is 6.07. The minimum absolute atomic E-state index is 0. The van der Waals surface area contributed by atoms with Crippen LogP contribution in [0, 0.1) is 13.8 Å². The highest BCUT2D eigenvalue weighted by molar-refractivity contribution is 8.00. The number of thiazole rings is 1. The molecular formula is C24H27ClN4O2S2. The Bertz CT molecular complexity index is 1190. The van der Waals surface area contributed by atoms with Gasteiger partial charge >= 0.3 is 0 Å². The molecule has 2 aromatic heterocycles. The summed E-state index contributed by atoms with van der Waals surface area (Å²) in [6, 6.07) is 12.0. The average molecular weight is 503 g/mol. The van der Waals surface area contributed by atoms with Crippen molar-refractivity contribution >= 4 is 56.8 Å². The van der Waals surface area contributed by atoms with Gasteiger partial charge in [-0.25, -0.2) is 9.97 Å². The highest BCUT2D eigenvalue weighted by Gasteiger charge is 2.20. The lowest BCUT2D eigenvalue weighted by Gasteiger charge is -2.20. The van der Waals surface area contributed by atoms with E-state index in [0.717, 1.165) is 39.0 Å². The van der Waals surface area contributed by atoms with E-state index in [1.807, 2.05) is 39.9 Å². The number of ether oxygens (including phenoxy) is 1. The molecule has 0 N–H and O–H groups in total. The molecule has 6 nitrogen and oxygen atoms in total. The summed E-state index contributed by atoms with van der Waals surface area (Å²) in [6.07, 6.45) is 6.33. The summed E-state index contributed by atoms with van der Waals surface area (Å²) >= 11 is 3.11. The summed E-state index contributed by atoms with van der Waals surface area (Å²) in [5.74, 6) is 1.22. The van der Waals surface area contributed by atoms with Crippen molar-refractivity contribution in [2.75, 3.05) is 24.3 Å². The summed E-state index contributed by atoms with van der Waals surface area (Å²) in [5.41, 5.74) is 3.37. The SMILES string of the molecule is COc1ccc(SCC(=O)N(CCCn2ccnc2)c2nc3c(C)c(C)ccc3s2)cc1.Cl. The number of hydrogen-bond acceptors (Lipinski definition) is 6. The largest absolute Gasteiger partial charge is 0.497 e. The van der Waals surface area contributed by atoms with E-state index >= 15 is 0 Å². The molecule has 4 aromatic rings. The van der Waals surface area contributed by atoms with E-state index in [9.17, 15) is 4.79 Å². The number of carbonyl (C=O) groups is 1. The Balaban J connectivity index is 0.00000306. The van der Waals surface area contributed by atoms with Gasteiger partial charge in [0.15, 0.2) is 5.13 Å². The number of rotatable bonds is 9. The molecule has 0 spiro atoms. The number of nitrogens with zero attached hydrogens (tertiary/aromatic N) is 4. The smallest absolute Gasteiger partial charge is 0.239 e. The van der Waals surface area contributed by atoms with E-state index in [4.69, 9.17) is 9.72 Å². The predicted molar refractivity (Wildman–Crippen MR) is 139 cm³/mol. The molecule has 2 heterocycles. The van der Waals surface area contributed by atoms with Crippen molar-refractivity contribution in [2.45, 2.75) is 31.7 Å². The number of fused-ring (bicyclic) bond motifs is 1. The molecule has 0 bridgehead atoms. The standard InChI is InChI=1S/C24H26N4O2S2.ClH/c1-17-5-10-21-23(18(17)2)26-24(32-21)28(13-4-12-27-14-11-25-16-27)22(29)15-31-20-8-6-19(30-3)7-9-20;/h5-11,14,16H,4,12-13,15H2,1-3H3;1H. The summed E-state index contributed by atoms with van der Waals surface area (Å²) in [6.45, 7) is 5.59. The van der Waals surface area contributed by atoms with Crippen LogP contribution in [-0.2, 0) is 11.3 Å². The van der Waals surface area contributed by atoms with Gasteiger partial charge in [-0.05, 0) is 61.7 Å². The fourth-order valence-electron chi connectivity index (χ4n) is 3.38. The Labute approximate surface area is 208 Å². The minimum Gasteiger partial charge on any atom is -0.497 e. The van der Waals surface area contributed by atoms with E-state index in [-0.39, 0.29) is 18.3 Å². The Morgan fingerprint density at radius 1 is 1.18 bits per heavy atom. The van der Waals surface area contributed by atoms with Gasteiger partial charge in [0.05, 0.1) is 29.4 Å². The lowest BCUT2D eigenvalue weighted by Crippen LogP contribution is -2.33. The zero-order valence-corrected chi connectivity index (χ0v) is 21.3. The number of thioether (sulfide) groups is 1. The van der Waals surface area contributed by atoms with Crippen molar-refractivity contribution in [3.05, 3.63) is 66.2 Å². The molecule has 0 radical (unpaired) electrons. The van der Waals surface area contributed by atoms with Crippen LogP contribution in [0.3, 0.4) is 0 Å². The van der Waals surface area contributed by atoms with Gasteiger partial charge in [0.2, 0.25) is 5.91 Å². The number of carbonyl (C=O) groups excluding carboxylic acids is 1. The fourth-order valence-corrected chi connectivity index (χ4v) is 5.23. The van der Waals surface area contributed by atoms with Crippen LogP contribution in [0.1, 0.15) is 17.5 Å². The second-order valence-corrected chi connectivity index (χ2v) is 9.57. The van der Waals surface area contributed by atoms with Gasteiger partial charge in [0, 0.05) is 30.4 Å². The van der Waals surface area contributed by atoms with Crippen LogP contribution in [0.5, 0.6) is 5.75 Å². The molecular weight excluding hydrogens is 476 g/mol. The molecule has 33 heavy (non-hydrogen) atoms. The number of halogens is 1. The van der Waals surface area contributed by atoms with Crippen LogP contribution in [0.15, 0.2) is 60.0 Å². The molecule has 0 aliphatic rings. The zero-order valence-electron chi connectivity index (χ0n) is 18.9. The van der Waals surface area contributed by atoms with Crippen LogP contribution < -0.4 is 9.64 Å². The lowest BCUT2D eigenvalue weighted by molar-refractivity contribution is -0.116. The molecule has 1 amide bonds. The van der Waals surface area contributed by atoms with E-state index in [2.05, 4.69) is 31.0 Å². The zero-order chi connectivity index (χ0) is 22.5. The summed E-state index contributed by atoms with van der Waals surface area (Å²) < 4.78 is 8.35. The number of methoxy groups -OCH3 is 1. The van der Waals surface area contributed by atoms with Crippen LogP contribution >= 0.6 is 35.5 Å². The van der Waals surface area contributed by atoms with E-state index in [1.165, 1.54) is 22.9 Å². The first-order valence-corrected chi connectivity index (χ1v) is 12.2. The van der Waals surface area contributed by atoms with Crippen molar-refractivity contribution < 1.29 is 9.53 Å². The first-order valence-electron chi connectivity index (χ1n) is 10.4. The topological polar surface area (TPSA) is 60.2 Å². The van der Waals surface area contributed by atoms with Gasteiger partial charge in [-0.1, -0.05) is 17.4 Å². The third-order valence-corrected chi connectivity index (χ3v) is 7.42. The van der Waals surface area contributed by atoms with Crippen molar-refractivity contribution in [3.63, 3.8) is 0 Å². The monoisotopic (exact) mass is 502 g/mol. The lowest BCUT2D eigenvalue weighted by atomic mass is 10.1. The molecule has 2 aromatic carbocycles. The Hall–Kier alpha value is -2.55. The molecule has 0 saturated carbocycles. The van der Waals surface area contributed by atoms with Crippen molar-refractivity contribution in [3.8, 4) is 5.75 Å². The van der Waals surface area contributed by atoms with Crippen LogP contribution in [0.4, 0.5) is 5.13 Å². The number of aromatic nitrogens is 3. The first-order chi connectivity index (χ1) is 15.5. The Morgan fingerprint density at radius 3 is 2.67 bits per heavy atom. The number of hydrogen-bond donors (Lipinski definition) is 0. The minimum atomic E-state index is 0. The predicted octanol–water partition coefficient (Wildman–Crippen LogP) is 5.76. The molecule has 0 saturated heterocycles. The van der Waals surface area contributed by atoms with E-state index in [1.54, 1.807) is 31.0 Å². The summed E-state index contributed by atoms with van der Waals surface area (Å²) in [7, 11) is 1.65. The van der Waals surface area contributed by atoms with Crippen LogP contribution in [0.2, 0.25) is 0 Å². The molecule has 0 aliphatic heterocycles. The second kappa shape index (κ2) is 11.5. The molecule has 0 atom stereocenters. The maximum atomic E-state index is 13.3. The molecule has 0 aliphatic carbocycles. The Morgan fingerprint density at radius 2 is 1.97 bits per heavy atom. The van der Waals surface area contributed by atoms with Gasteiger partial charge < -0.3 is 9.30 Å². The van der Waals surface area contributed by atoms with Gasteiger partial charge in [0.1, 0.15) is 5.75 Å². The molecule has 4 rings (SSSR count). The average Bonchev–Trinajstić information content (AvgIpc) is 3.48. The van der Waals surface area contributed by atoms with Crippen LogP contribution in [0.25, 0.3) is 10.2 Å². The van der Waals surface area contributed by atoms with Crippen molar-refractivity contribution in [1.82, 2.24) is 14.5 Å². The maximum Gasteiger partial charge on any atom is 0.239 e. The van der Waals surface area contributed by atoms with Crippen LogP contribution in [-0.4, -0.2) is 39.8 Å². The van der Waals surface area contributed by atoms with Gasteiger partial charge in [-0.3, -0.25) is 9.69 Å². The molecule has 0 unspecified atom stereocenters. The van der Waals surface area contributed by atoms with Crippen molar-refractivity contribution in [2.24, 2.45) is 0 Å². The number of aryl methyl sites for hydroxylation is 3. The first kappa shape index (κ1) is 25.1. The normalized spacial score (nSPS) is 10.8. The van der Waals surface area contributed by atoms with E-state index < -0.39 is 0 Å². The number of imidazole rings is 1. The quantitative estimate of drug-likeness (QED) is 0.272. The highest BCUT2D eigenvalue weighted by atomic mass is 35.5. The third-order valence-electron chi connectivity index (χ3n) is 5.38. The second-order valence-electron chi connectivity index (χ2n) is 7.51. The van der Waals surface area contributed by atoms with Gasteiger partial charge in [-0.2, -0.15) is 0 Å². The van der Waals surface area contributed by atoms with E-state index in [0.29, 0.717) is 12.3 Å². The summed E-state index contributed by atoms with van der Waals surface area (Å²) in [4.78, 5) is 25.1. The fraction of sp³-hybridized carbons (Fsp3) is 0.292.